The fourth-order valence-corrected chi connectivity index (χ4v) is 4.21. The number of carbonyl (C=O) groups is 2. The van der Waals surface area contributed by atoms with E-state index in [0.29, 0.717) is 12.7 Å². The van der Waals surface area contributed by atoms with Gasteiger partial charge in [-0.15, -0.1) is 0 Å². The summed E-state index contributed by atoms with van der Waals surface area (Å²) in [5, 5.41) is 0. The van der Waals surface area contributed by atoms with Gasteiger partial charge in [-0.1, -0.05) is 72.8 Å². The minimum atomic E-state index is -0.869. The van der Waals surface area contributed by atoms with Gasteiger partial charge in [0.1, 0.15) is 23.7 Å². The predicted molar refractivity (Wildman–Crippen MR) is 140 cm³/mol. The second kappa shape index (κ2) is 21.1. The number of benzene rings is 1. The van der Waals surface area contributed by atoms with Gasteiger partial charge < -0.3 is 16.5 Å². The standard InChI is InChI=1S/C13H14F2O2.C8H13.C4H8.C3H5O.C2H6.U/c1-2-12(17)9(5-4-8-16)13-10(14)6-3-7-11(13)15;1-7-5-8(6-7)3-2-4-8;1-4-2-3-4;1-2-3-4;1-2;/h3,6-9H,2,4-5H2,1H3;7H,1-6H2;4H,2-3H2,1H3;2H2,1H3;1-2H3;/q;-1;;-1;;+2. The van der Waals surface area contributed by atoms with Crippen LogP contribution >= 0.6 is 0 Å². The summed E-state index contributed by atoms with van der Waals surface area (Å²) in [6, 6.07) is 3.49. The molecule has 3 fully saturated rings. The molecule has 1 aromatic rings. The summed E-state index contributed by atoms with van der Waals surface area (Å²) in [7, 11) is 0. The van der Waals surface area contributed by atoms with Gasteiger partial charge >= 0.3 is 31.1 Å². The molecule has 3 saturated carbocycles. The van der Waals surface area contributed by atoms with E-state index in [-0.39, 0.29) is 61.7 Å². The zero-order valence-corrected chi connectivity index (χ0v) is 27.2. The third kappa shape index (κ3) is 14.2. The third-order valence-corrected chi connectivity index (χ3v) is 6.53. The van der Waals surface area contributed by atoms with E-state index >= 15 is 0 Å². The van der Waals surface area contributed by atoms with Crippen molar-refractivity contribution in [2.24, 2.45) is 17.3 Å². The SMILES string of the molecule is CC.CC1CC1.CCC(=O)C(CCC=O)c1c(F)cccc1F.CC[C-]=O.[CH2-]C1CC2(CCC2)C1.[U+2]. The Labute approximate surface area is 242 Å². The average molecular weight is 731 g/mol. The molecule has 0 saturated heterocycles. The van der Waals surface area contributed by atoms with Crippen molar-refractivity contribution in [1.29, 1.82) is 0 Å². The van der Waals surface area contributed by atoms with Crippen LogP contribution in [0.25, 0.3) is 0 Å². The summed E-state index contributed by atoms with van der Waals surface area (Å²) in [5.74, 6) is -0.692. The minimum Gasteiger partial charge on any atom is -0.542 e. The van der Waals surface area contributed by atoms with E-state index in [9.17, 15) is 18.4 Å². The molecule has 0 bridgehead atoms. The molecule has 4 rings (SSSR count). The van der Waals surface area contributed by atoms with Crippen LogP contribution in [0.1, 0.15) is 117 Å². The Kier molecular flexibility index (Phi) is 21.9. The Bertz CT molecular complexity index is 717. The van der Waals surface area contributed by atoms with E-state index in [0.717, 1.165) is 29.4 Å². The molecular formula is C30H46F2O3U. The van der Waals surface area contributed by atoms with E-state index in [1.807, 2.05) is 13.8 Å². The van der Waals surface area contributed by atoms with Gasteiger partial charge in [0.15, 0.2) is 0 Å². The molecule has 6 heteroatoms. The smallest absolute Gasteiger partial charge is 0.542 e. The summed E-state index contributed by atoms with van der Waals surface area (Å²) in [6.07, 6.45) is 13.7. The molecule has 0 aromatic heterocycles. The van der Waals surface area contributed by atoms with Crippen molar-refractivity contribution in [2.75, 3.05) is 0 Å². The normalized spacial score (nSPS) is 17.1. The van der Waals surface area contributed by atoms with Gasteiger partial charge in [-0.25, -0.2) is 8.78 Å². The van der Waals surface area contributed by atoms with E-state index in [1.54, 1.807) is 20.1 Å². The van der Waals surface area contributed by atoms with E-state index in [1.165, 1.54) is 51.0 Å². The van der Waals surface area contributed by atoms with Crippen LogP contribution in [-0.4, -0.2) is 18.4 Å². The zero-order chi connectivity index (χ0) is 26.9. The average Bonchev–Trinajstić information content (AvgIpc) is 3.61. The first-order valence-electron chi connectivity index (χ1n) is 13.3. The Balaban J connectivity index is 0. The number of ketones is 1. The maximum absolute atomic E-state index is 13.5. The van der Waals surface area contributed by atoms with Crippen LogP contribution in [0.5, 0.6) is 0 Å². The van der Waals surface area contributed by atoms with Crippen LogP contribution in [0, 0.1) is 66.9 Å². The molecular weight excluding hydrogens is 684 g/mol. The summed E-state index contributed by atoms with van der Waals surface area (Å²) < 4.78 is 27.1. The van der Waals surface area contributed by atoms with Crippen LogP contribution in [0.3, 0.4) is 0 Å². The van der Waals surface area contributed by atoms with Crippen molar-refractivity contribution in [3.63, 3.8) is 0 Å². The number of carbonyl (C=O) groups excluding carboxylic acids is 3. The van der Waals surface area contributed by atoms with Gasteiger partial charge in [0, 0.05) is 24.3 Å². The number of Topliss-reactive ketones (excluding diaryl/α,β-unsaturated/α-hetero) is 1. The monoisotopic (exact) mass is 730 g/mol. The Morgan fingerprint density at radius 3 is 1.89 bits per heavy atom. The van der Waals surface area contributed by atoms with Gasteiger partial charge in [-0.3, -0.25) is 11.1 Å². The Morgan fingerprint density at radius 2 is 1.64 bits per heavy atom. The molecule has 0 N–H and O–H groups in total. The van der Waals surface area contributed by atoms with Gasteiger partial charge in [0.25, 0.3) is 0 Å². The number of rotatable bonds is 7. The second-order valence-electron chi connectivity index (χ2n) is 9.56. The van der Waals surface area contributed by atoms with Crippen molar-refractivity contribution in [3.05, 3.63) is 42.3 Å². The van der Waals surface area contributed by atoms with Crippen molar-refractivity contribution < 1.29 is 54.3 Å². The first-order chi connectivity index (χ1) is 16.7. The molecule has 0 amide bonds. The van der Waals surface area contributed by atoms with Crippen LogP contribution in [0.2, 0.25) is 0 Å². The molecule has 1 unspecified atom stereocenters. The molecule has 3 nitrogen and oxygen atoms in total. The van der Waals surface area contributed by atoms with Crippen LogP contribution < -0.4 is 0 Å². The van der Waals surface area contributed by atoms with Crippen molar-refractivity contribution >= 4 is 18.4 Å². The Morgan fingerprint density at radius 1 is 1.17 bits per heavy atom. The maximum Gasteiger partial charge on any atom is 2.00 e. The van der Waals surface area contributed by atoms with Crippen LogP contribution in [0.4, 0.5) is 8.78 Å². The molecule has 36 heavy (non-hydrogen) atoms. The zero-order valence-electron chi connectivity index (χ0n) is 23.0. The van der Waals surface area contributed by atoms with Gasteiger partial charge in [-0.05, 0) is 42.7 Å². The second-order valence-corrected chi connectivity index (χ2v) is 9.56. The molecule has 202 valence electrons. The van der Waals surface area contributed by atoms with E-state index in [4.69, 9.17) is 4.79 Å². The fourth-order valence-electron chi connectivity index (χ4n) is 4.21. The molecule has 1 aromatic carbocycles. The van der Waals surface area contributed by atoms with Gasteiger partial charge in [0.2, 0.25) is 0 Å². The number of aldehydes is 1. The molecule has 0 aliphatic heterocycles. The van der Waals surface area contributed by atoms with Crippen molar-refractivity contribution in [2.45, 2.75) is 111 Å². The van der Waals surface area contributed by atoms with Gasteiger partial charge in [-0.2, -0.15) is 12.3 Å². The molecule has 0 radical (unpaired) electrons. The summed E-state index contributed by atoms with van der Waals surface area (Å²) in [6.45, 7) is 13.7. The van der Waals surface area contributed by atoms with Crippen molar-refractivity contribution in [3.8, 4) is 0 Å². The molecule has 3 aliphatic carbocycles. The summed E-state index contributed by atoms with van der Waals surface area (Å²) >= 11 is 0. The minimum absolute atomic E-state index is 0. The summed E-state index contributed by atoms with van der Waals surface area (Å²) in [4.78, 5) is 31.0. The first-order valence-corrected chi connectivity index (χ1v) is 13.3. The third-order valence-electron chi connectivity index (χ3n) is 6.53. The molecule has 0 heterocycles. The molecule has 1 spiro atoms. The molecule has 1 atom stereocenters. The van der Waals surface area contributed by atoms with Crippen molar-refractivity contribution in [1.82, 2.24) is 0 Å². The predicted octanol–water partition coefficient (Wildman–Crippen LogP) is 8.36. The topological polar surface area (TPSA) is 51.2 Å². The van der Waals surface area contributed by atoms with Crippen LogP contribution in [0.15, 0.2) is 18.2 Å². The Hall–Kier alpha value is -0.858. The first kappa shape index (κ1) is 37.3. The fraction of sp³-hybridized carbons (Fsp3) is 0.667. The largest absolute Gasteiger partial charge is 2.00 e. The maximum atomic E-state index is 13.5. The number of halogens is 2. The number of hydrogen-bond acceptors (Lipinski definition) is 3. The van der Waals surface area contributed by atoms with E-state index in [2.05, 4.69) is 13.8 Å². The van der Waals surface area contributed by atoms with E-state index < -0.39 is 17.6 Å². The molecule has 3 aliphatic rings. The summed E-state index contributed by atoms with van der Waals surface area (Å²) in [5.41, 5.74) is 0.632. The number of hydrogen-bond donors (Lipinski definition) is 0. The van der Waals surface area contributed by atoms with Gasteiger partial charge in [0.05, 0.1) is 0 Å². The quantitative estimate of drug-likeness (QED) is 0.210. The van der Waals surface area contributed by atoms with Crippen LogP contribution in [-0.2, 0) is 14.4 Å².